The summed E-state index contributed by atoms with van der Waals surface area (Å²) in [6.45, 7) is 17.6. The van der Waals surface area contributed by atoms with Gasteiger partial charge in [0.05, 0.1) is 48.3 Å². The monoisotopic (exact) mass is 800 g/mol. The van der Waals surface area contributed by atoms with Crippen LogP contribution in [-0.2, 0) is 23.7 Å². The first-order chi connectivity index (χ1) is 25.9. The maximum Gasteiger partial charge on any atom is 0.187 e. The van der Waals surface area contributed by atoms with Gasteiger partial charge in [0.2, 0.25) is 0 Å². The minimum absolute atomic E-state index is 0.0557. The van der Waals surface area contributed by atoms with Gasteiger partial charge in [0, 0.05) is 0 Å². The molecule has 3 aliphatic heterocycles. The molecule has 14 nitrogen and oxygen atoms in total. The molecule has 56 heavy (non-hydrogen) atoms. The van der Waals surface area contributed by atoms with Crippen molar-refractivity contribution < 1.29 is 69.6 Å². The third kappa shape index (κ3) is 6.49. The molecule has 4 aliphatic carbocycles. The highest BCUT2D eigenvalue weighted by Crippen LogP contribution is 2.76. The Kier molecular flexibility index (Phi) is 11.3. The van der Waals surface area contributed by atoms with E-state index in [0.29, 0.717) is 25.7 Å². The molecule has 0 spiro atoms. The summed E-state index contributed by atoms with van der Waals surface area (Å²) in [5.74, 6) is -0.246. The van der Waals surface area contributed by atoms with Crippen LogP contribution >= 0.6 is 0 Å². The van der Waals surface area contributed by atoms with E-state index in [-0.39, 0.29) is 35.2 Å². The molecule has 0 aromatic rings. The Morgan fingerprint density at radius 2 is 1.41 bits per heavy atom. The Morgan fingerprint density at radius 1 is 0.732 bits per heavy atom. The Labute approximate surface area is 331 Å². The molecule has 0 radical (unpaired) electrons. The van der Waals surface area contributed by atoms with Gasteiger partial charge in [0.25, 0.3) is 0 Å². The van der Waals surface area contributed by atoms with Crippen LogP contribution in [0.1, 0.15) is 114 Å². The zero-order chi connectivity index (χ0) is 41.3. The van der Waals surface area contributed by atoms with Gasteiger partial charge in [-0.05, 0) is 124 Å². The summed E-state index contributed by atoms with van der Waals surface area (Å²) < 4.78 is 32.0. The van der Waals surface area contributed by atoms with E-state index >= 15 is 0 Å². The van der Waals surface area contributed by atoms with Gasteiger partial charge in [-0.2, -0.15) is 0 Å². The predicted molar refractivity (Wildman–Crippen MR) is 200 cm³/mol. The first-order valence-electron chi connectivity index (χ1n) is 21.2. The van der Waals surface area contributed by atoms with Gasteiger partial charge in [-0.3, -0.25) is 0 Å². The van der Waals surface area contributed by atoms with Crippen molar-refractivity contribution in [1.29, 1.82) is 0 Å². The third-order valence-corrected chi connectivity index (χ3v) is 17.3. The molecule has 3 saturated heterocycles. The summed E-state index contributed by atoms with van der Waals surface area (Å²) in [5, 5.41) is 99.5. The smallest absolute Gasteiger partial charge is 0.187 e. The normalized spacial score (nSPS) is 57.3. The van der Waals surface area contributed by atoms with Crippen LogP contribution in [0.3, 0.4) is 0 Å². The molecule has 7 fully saturated rings. The van der Waals surface area contributed by atoms with Gasteiger partial charge in [-0.15, -0.1) is 0 Å². The van der Waals surface area contributed by atoms with Gasteiger partial charge in [-0.1, -0.05) is 34.6 Å². The largest absolute Gasteiger partial charge is 0.394 e. The number of ether oxygens (including phenoxy) is 5. The third-order valence-electron chi connectivity index (χ3n) is 17.3. The van der Waals surface area contributed by atoms with Crippen LogP contribution in [0.2, 0.25) is 0 Å². The van der Waals surface area contributed by atoms with Crippen molar-refractivity contribution in [3.05, 3.63) is 0 Å². The highest BCUT2D eigenvalue weighted by atomic mass is 16.8. The summed E-state index contributed by atoms with van der Waals surface area (Å²) >= 11 is 0. The highest BCUT2D eigenvalue weighted by Gasteiger charge is 2.74. The average Bonchev–Trinajstić information content (AvgIpc) is 3.71. The summed E-state index contributed by atoms with van der Waals surface area (Å²) in [5.41, 5.74) is -3.36. The molecule has 0 bridgehead atoms. The predicted octanol–water partition coefficient (Wildman–Crippen LogP) is 1.36. The fourth-order valence-corrected chi connectivity index (χ4v) is 14.1. The summed E-state index contributed by atoms with van der Waals surface area (Å²) in [6.07, 6.45) is -11.0. The van der Waals surface area contributed by atoms with Gasteiger partial charge in [0.1, 0.15) is 42.7 Å². The lowest BCUT2D eigenvalue weighted by Crippen LogP contribution is -2.71. The molecule has 7 rings (SSSR count). The zero-order valence-corrected chi connectivity index (χ0v) is 34.8. The lowest BCUT2D eigenvalue weighted by molar-refractivity contribution is -0.382. The molecule has 9 N–H and O–H groups in total. The van der Waals surface area contributed by atoms with Crippen molar-refractivity contribution in [2.24, 2.45) is 45.3 Å². The Balaban J connectivity index is 1.26. The lowest BCUT2D eigenvalue weighted by Gasteiger charge is -2.72. The van der Waals surface area contributed by atoms with Crippen LogP contribution < -0.4 is 0 Å². The molecule has 14 heteroatoms. The second-order valence-corrected chi connectivity index (χ2v) is 21.2. The SMILES string of the molecule is C[C@@H]1O[C@@H](O[C@H]2[C@H](O[C@H]3C[C@]4(C)[C@H](C[C@@H](O)[C@@H]5C([C@@]6(C)CC[C@H](C(C)(C)O)O6)CC[C@]54C)[C@@]4(C)CC[C@H](O)C(C)(C)[C@H]34)O[C@H](CO)[C@@H](O)[C@@H]2O)[C@H](O)[C@H](O)[C@H]1O. The number of aliphatic hydroxyl groups excluding tert-OH is 8. The van der Waals surface area contributed by atoms with E-state index in [1.807, 2.05) is 0 Å². The highest BCUT2D eigenvalue weighted by molar-refractivity contribution is 5.22. The van der Waals surface area contributed by atoms with Crippen LogP contribution in [0.25, 0.3) is 0 Å². The first-order valence-corrected chi connectivity index (χ1v) is 21.2. The van der Waals surface area contributed by atoms with Crippen molar-refractivity contribution in [3.63, 3.8) is 0 Å². The number of aliphatic hydroxyl groups is 9. The van der Waals surface area contributed by atoms with Crippen LogP contribution in [-0.4, -0.2) is 150 Å². The van der Waals surface area contributed by atoms with E-state index in [4.69, 9.17) is 23.7 Å². The molecule has 0 amide bonds. The first kappa shape index (κ1) is 43.5. The van der Waals surface area contributed by atoms with Crippen molar-refractivity contribution in [2.45, 2.75) is 211 Å². The molecule has 0 aromatic heterocycles. The minimum atomic E-state index is -1.70. The fraction of sp³-hybridized carbons (Fsp3) is 1.00. The van der Waals surface area contributed by atoms with Crippen molar-refractivity contribution in [3.8, 4) is 0 Å². The van der Waals surface area contributed by atoms with Gasteiger partial charge in [0.15, 0.2) is 12.6 Å². The van der Waals surface area contributed by atoms with Gasteiger partial charge < -0.3 is 69.6 Å². The molecule has 324 valence electrons. The lowest BCUT2D eigenvalue weighted by atomic mass is 9.34. The van der Waals surface area contributed by atoms with Crippen LogP contribution in [0, 0.1) is 45.3 Å². The van der Waals surface area contributed by atoms with Gasteiger partial charge in [-0.25, -0.2) is 0 Å². The van der Waals surface area contributed by atoms with E-state index in [9.17, 15) is 46.0 Å². The summed E-state index contributed by atoms with van der Waals surface area (Å²) in [6, 6.07) is 0. The number of hydrogen-bond donors (Lipinski definition) is 9. The second-order valence-electron chi connectivity index (χ2n) is 21.2. The van der Waals surface area contributed by atoms with Gasteiger partial charge >= 0.3 is 0 Å². The number of rotatable bonds is 7. The molecule has 0 aromatic carbocycles. The average molecular weight is 801 g/mol. The Bertz CT molecular complexity index is 1430. The van der Waals surface area contributed by atoms with E-state index in [2.05, 4.69) is 41.5 Å². The standard InChI is InChI=1S/C42H72O14/c1-19-28(46)30(48)32(50)35(52-19)55-33-31(49)29(47)23(18-43)54-36(33)53-22-17-41(8)24(39(6)13-11-25(45)37(2,3)34(22)39)16-21(44)27-20(10-14-40(27,41)7)42(9)15-12-26(56-42)38(4,5)51/h19-36,43-51H,10-18H2,1-9H3/t19-,20?,21+,22-,23+,24+,25-,26+,27-,28-,29+,30+,31-,32+,33+,34-,35-,36+,39+,40+,41+,42+/m0/s1. The molecule has 7 aliphatic rings. The second kappa shape index (κ2) is 14.5. The van der Waals surface area contributed by atoms with E-state index in [0.717, 1.165) is 25.7 Å². The molecule has 1 unspecified atom stereocenters. The maximum atomic E-state index is 12.4. The van der Waals surface area contributed by atoms with E-state index in [1.165, 1.54) is 6.92 Å². The molecular formula is C42H72O14. The van der Waals surface area contributed by atoms with Crippen LogP contribution in [0.15, 0.2) is 0 Å². The summed E-state index contributed by atoms with van der Waals surface area (Å²) in [4.78, 5) is 0. The Hall–Kier alpha value is -0.560. The fourth-order valence-electron chi connectivity index (χ4n) is 14.1. The van der Waals surface area contributed by atoms with Crippen LogP contribution in [0.5, 0.6) is 0 Å². The quantitative estimate of drug-likeness (QED) is 0.166. The summed E-state index contributed by atoms with van der Waals surface area (Å²) in [7, 11) is 0. The van der Waals surface area contributed by atoms with Crippen molar-refractivity contribution in [2.75, 3.05) is 6.61 Å². The molecule has 22 atom stereocenters. The number of hydrogen-bond acceptors (Lipinski definition) is 14. The topological polar surface area (TPSA) is 228 Å². The van der Waals surface area contributed by atoms with E-state index < -0.39 is 114 Å². The minimum Gasteiger partial charge on any atom is -0.394 e. The molecular weight excluding hydrogens is 728 g/mol. The maximum absolute atomic E-state index is 12.4. The molecule has 3 heterocycles. The molecule has 4 saturated carbocycles. The van der Waals surface area contributed by atoms with E-state index in [1.54, 1.807) is 13.8 Å². The van der Waals surface area contributed by atoms with Crippen molar-refractivity contribution in [1.82, 2.24) is 0 Å². The van der Waals surface area contributed by atoms with Crippen molar-refractivity contribution >= 4 is 0 Å². The zero-order valence-electron chi connectivity index (χ0n) is 34.8. The Morgan fingerprint density at radius 3 is 2.04 bits per heavy atom. The number of fused-ring (bicyclic) bond motifs is 5. The van der Waals surface area contributed by atoms with Crippen LogP contribution in [0.4, 0.5) is 0 Å².